The fourth-order valence-corrected chi connectivity index (χ4v) is 1.35. The standard InChI is InChI=1S/C11H15N/c1-5-11-10(9(3)4)7-8-12(11)6-2/h5,7-8H,1,3,6H2,2,4H3. The maximum atomic E-state index is 3.92. The predicted octanol–water partition coefficient (Wildman–Crippen LogP) is 3.18. The van der Waals surface area contributed by atoms with Crippen molar-refractivity contribution in [2.45, 2.75) is 20.4 Å². The molecular weight excluding hydrogens is 146 g/mol. The third kappa shape index (κ3) is 1.35. The van der Waals surface area contributed by atoms with Gasteiger partial charge in [-0.05, 0) is 31.6 Å². The average Bonchev–Trinajstić information content (AvgIpc) is 2.46. The van der Waals surface area contributed by atoms with Gasteiger partial charge in [-0.2, -0.15) is 0 Å². The second-order valence-corrected chi connectivity index (χ2v) is 2.89. The van der Waals surface area contributed by atoms with E-state index in [1.807, 2.05) is 13.0 Å². The Bertz CT molecular complexity index is 305. The van der Waals surface area contributed by atoms with Crippen LogP contribution in [0.4, 0.5) is 0 Å². The molecule has 1 heteroatoms. The molecule has 0 aliphatic carbocycles. The molecular formula is C11H15N. The lowest BCUT2D eigenvalue weighted by atomic mass is 10.1. The Hall–Kier alpha value is -1.24. The molecule has 0 aliphatic rings. The minimum absolute atomic E-state index is 0.981. The fourth-order valence-electron chi connectivity index (χ4n) is 1.35. The van der Waals surface area contributed by atoms with Crippen LogP contribution in [0.1, 0.15) is 25.1 Å². The summed E-state index contributed by atoms with van der Waals surface area (Å²) in [6.07, 6.45) is 3.95. The molecule has 0 N–H and O–H groups in total. The highest BCUT2D eigenvalue weighted by molar-refractivity contribution is 5.70. The van der Waals surface area contributed by atoms with Gasteiger partial charge in [0.15, 0.2) is 0 Å². The van der Waals surface area contributed by atoms with Crippen molar-refractivity contribution in [1.29, 1.82) is 0 Å². The second-order valence-electron chi connectivity index (χ2n) is 2.89. The lowest BCUT2D eigenvalue weighted by Crippen LogP contribution is -1.95. The van der Waals surface area contributed by atoms with E-state index in [-0.39, 0.29) is 0 Å². The van der Waals surface area contributed by atoms with Crippen molar-refractivity contribution >= 4 is 11.6 Å². The maximum Gasteiger partial charge on any atom is 0.0476 e. The van der Waals surface area contributed by atoms with E-state index in [0.29, 0.717) is 0 Å². The van der Waals surface area contributed by atoms with Crippen LogP contribution >= 0.6 is 0 Å². The third-order valence-electron chi connectivity index (χ3n) is 2.00. The molecule has 0 bridgehead atoms. The van der Waals surface area contributed by atoms with Crippen LogP contribution < -0.4 is 0 Å². The molecule has 0 amide bonds. The molecule has 0 fully saturated rings. The fraction of sp³-hybridized carbons (Fsp3) is 0.273. The SMILES string of the molecule is C=Cc1c(C(=C)C)ccn1CC. The van der Waals surface area contributed by atoms with E-state index < -0.39 is 0 Å². The first-order chi connectivity index (χ1) is 5.70. The molecule has 0 aliphatic heterocycles. The first-order valence-corrected chi connectivity index (χ1v) is 4.18. The number of allylic oxidation sites excluding steroid dienone is 1. The molecule has 12 heavy (non-hydrogen) atoms. The Balaban J connectivity index is 3.22. The molecule has 0 spiro atoms. The third-order valence-corrected chi connectivity index (χ3v) is 2.00. The van der Waals surface area contributed by atoms with Crippen molar-refractivity contribution in [2.75, 3.05) is 0 Å². The van der Waals surface area contributed by atoms with Gasteiger partial charge in [0, 0.05) is 24.0 Å². The zero-order valence-electron chi connectivity index (χ0n) is 7.80. The predicted molar refractivity (Wildman–Crippen MR) is 54.9 cm³/mol. The number of rotatable bonds is 3. The molecule has 1 rings (SSSR count). The maximum absolute atomic E-state index is 3.92. The Morgan fingerprint density at radius 3 is 2.75 bits per heavy atom. The van der Waals surface area contributed by atoms with Crippen LogP contribution in [-0.4, -0.2) is 4.57 Å². The van der Waals surface area contributed by atoms with Gasteiger partial charge in [0.25, 0.3) is 0 Å². The van der Waals surface area contributed by atoms with Crippen LogP contribution in [0.15, 0.2) is 25.4 Å². The quantitative estimate of drug-likeness (QED) is 0.641. The number of hydrogen-bond donors (Lipinski definition) is 0. The van der Waals surface area contributed by atoms with E-state index >= 15 is 0 Å². The van der Waals surface area contributed by atoms with Gasteiger partial charge in [-0.25, -0.2) is 0 Å². The molecule has 0 aromatic carbocycles. The van der Waals surface area contributed by atoms with Crippen molar-refractivity contribution in [3.8, 4) is 0 Å². The van der Waals surface area contributed by atoms with Crippen molar-refractivity contribution in [1.82, 2.24) is 4.57 Å². The summed E-state index contributed by atoms with van der Waals surface area (Å²) in [5, 5.41) is 0. The van der Waals surface area contributed by atoms with Gasteiger partial charge in [-0.15, -0.1) is 0 Å². The Morgan fingerprint density at radius 2 is 2.33 bits per heavy atom. The number of nitrogens with zero attached hydrogens (tertiary/aromatic N) is 1. The molecule has 1 aromatic heterocycles. The highest BCUT2D eigenvalue weighted by Crippen LogP contribution is 2.19. The Kier molecular flexibility index (Phi) is 2.54. The molecule has 0 saturated carbocycles. The molecule has 0 radical (unpaired) electrons. The van der Waals surface area contributed by atoms with Gasteiger partial charge in [-0.1, -0.05) is 13.2 Å². The van der Waals surface area contributed by atoms with E-state index in [1.54, 1.807) is 0 Å². The van der Waals surface area contributed by atoms with E-state index in [4.69, 9.17) is 0 Å². The van der Waals surface area contributed by atoms with E-state index in [1.165, 1.54) is 11.3 Å². The van der Waals surface area contributed by atoms with Crippen LogP contribution in [0.3, 0.4) is 0 Å². The Labute approximate surface area is 74.0 Å². The van der Waals surface area contributed by atoms with Crippen molar-refractivity contribution < 1.29 is 0 Å². The smallest absolute Gasteiger partial charge is 0.0476 e. The summed E-state index contributed by atoms with van der Waals surface area (Å²) in [5.74, 6) is 0. The van der Waals surface area contributed by atoms with Crippen LogP contribution in [0, 0.1) is 0 Å². The summed E-state index contributed by atoms with van der Waals surface area (Å²) >= 11 is 0. The Morgan fingerprint density at radius 1 is 1.67 bits per heavy atom. The van der Waals surface area contributed by atoms with Crippen LogP contribution in [0.2, 0.25) is 0 Å². The van der Waals surface area contributed by atoms with Gasteiger partial charge in [0.2, 0.25) is 0 Å². The summed E-state index contributed by atoms with van der Waals surface area (Å²) in [4.78, 5) is 0. The molecule has 1 aromatic rings. The average molecular weight is 161 g/mol. The van der Waals surface area contributed by atoms with Gasteiger partial charge in [0.05, 0.1) is 0 Å². The number of aromatic nitrogens is 1. The van der Waals surface area contributed by atoms with Crippen LogP contribution in [-0.2, 0) is 6.54 Å². The van der Waals surface area contributed by atoms with E-state index in [9.17, 15) is 0 Å². The monoisotopic (exact) mass is 161 g/mol. The zero-order valence-corrected chi connectivity index (χ0v) is 7.80. The number of aryl methyl sites for hydroxylation is 1. The van der Waals surface area contributed by atoms with E-state index in [0.717, 1.165) is 12.1 Å². The molecule has 0 unspecified atom stereocenters. The van der Waals surface area contributed by atoms with Crippen molar-refractivity contribution in [3.63, 3.8) is 0 Å². The zero-order chi connectivity index (χ0) is 9.14. The number of hydrogen-bond acceptors (Lipinski definition) is 0. The summed E-state index contributed by atoms with van der Waals surface area (Å²) in [5.41, 5.74) is 3.47. The molecule has 0 saturated heterocycles. The molecule has 1 nitrogen and oxygen atoms in total. The van der Waals surface area contributed by atoms with E-state index in [2.05, 4.69) is 36.9 Å². The first kappa shape index (κ1) is 8.85. The second kappa shape index (κ2) is 3.44. The minimum Gasteiger partial charge on any atom is -0.348 e. The normalized spacial score (nSPS) is 9.83. The highest BCUT2D eigenvalue weighted by atomic mass is 15.0. The molecule has 1 heterocycles. The van der Waals surface area contributed by atoms with Crippen molar-refractivity contribution in [3.05, 3.63) is 36.7 Å². The lowest BCUT2D eigenvalue weighted by Gasteiger charge is -2.03. The first-order valence-electron chi connectivity index (χ1n) is 4.18. The summed E-state index contributed by atoms with van der Waals surface area (Å²) < 4.78 is 2.16. The van der Waals surface area contributed by atoms with Crippen LogP contribution in [0.5, 0.6) is 0 Å². The summed E-state index contributed by atoms with van der Waals surface area (Å²) in [6, 6.07) is 2.09. The lowest BCUT2D eigenvalue weighted by molar-refractivity contribution is 0.761. The molecule has 0 atom stereocenters. The van der Waals surface area contributed by atoms with Crippen LogP contribution in [0.25, 0.3) is 11.6 Å². The van der Waals surface area contributed by atoms with Gasteiger partial charge in [-0.3, -0.25) is 0 Å². The van der Waals surface area contributed by atoms with Gasteiger partial charge in [0.1, 0.15) is 0 Å². The summed E-state index contributed by atoms with van der Waals surface area (Å²) in [6.45, 7) is 12.8. The molecule has 64 valence electrons. The highest BCUT2D eigenvalue weighted by Gasteiger charge is 2.03. The van der Waals surface area contributed by atoms with Gasteiger partial charge >= 0.3 is 0 Å². The minimum atomic E-state index is 0.981. The largest absolute Gasteiger partial charge is 0.348 e. The van der Waals surface area contributed by atoms with Crippen molar-refractivity contribution in [2.24, 2.45) is 0 Å². The summed E-state index contributed by atoms with van der Waals surface area (Å²) in [7, 11) is 0. The topological polar surface area (TPSA) is 4.93 Å². The van der Waals surface area contributed by atoms with Gasteiger partial charge < -0.3 is 4.57 Å².